The molecule has 3 aromatic rings. The number of aliphatic hydroxyl groups excluding tert-OH is 1. The lowest BCUT2D eigenvalue weighted by molar-refractivity contribution is -0.139. The van der Waals surface area contributed by atoms with Gasteiger partial charge in [0.15, 0.2) is 0 Å². The van der Waals surface area contributed by atoms with Gasteiger partial charge in [-0.2, -0.15) is 0 Å². The van der Waals surface area contributed by atoms with Gasteiger partial charge in [-0.25, -0.2) is 4.39 Å². The van der Waals surface area contributed by atoms with E-state index < -0.39 is 17.7 Å². The Labute approximate surface area is 223 Å². The summed E-state index contributed by atoms with van der Waals surface area (Å²) in [6, 6.07) is 20.0. The summed E-state index contributed by atoms with van der Waals surface area (Å²) in [6.45, 7) is 10.4. The minimum atomic E-state index is -0.754. The molecule has 4 rings (SSSR count). The Morgan fingerprint density at radius 3 is 2.11 bits per heavy atom. The molecule has 1 heterocycles. The van der Waals surface area contributed by atoms with E-state index in [0.29, 0.717) is 17.7 Å². The number of likely N-dealkylation sites (tertiary alicyclic amines) is 1. The topological polar surface area (TPSA) is 66.8 Å². The molecule has 0 saturated carbocycles. The number of carbonyl (C=O) groups excluding carboxylic acids is 2. The molecule has 6 heteroatoms. The molecule has 5 nitrogen and oxygen atoms in total. The molecule has 0 spiro atoms. The third-order valence-electron chi connectivity index (χ3n) is 6.69. The van der Waals surface area contributed by atoms with Crippen molar-refractivity contribution in [1.82, 2.24) is 4.90 Å². The number of nitrogens with zero attached hydrogens (tertiary/aromatic N) is 1. The van der Waals surface area contributed by atoms with Crippen molar-refractivity contribution in [2.45, 2.75) is 58.6 Å². The average molecular weight is 516 g/mol. The fourth-order valence-corrected chi connectivity index (χ4v) is 4.64. The molecular formula is C32H34FNO4. The van der Waals surface area contributed by atoms with Gasteiger partial charge in [0.05, 0.1) is 17.7 Å². The van der Waals surface area contributed by atoms with Crippen LogP contribution in [0.25, 0.3) is 5.76 Å². The van der Waals surface area contributed by atoms with Crippen LogP contribution in [0.15, 0.2) is 78.4 Å². The van der Waals surface area contributed by atoms with Crippen molar-refractivity contribution < 1.29 is 23.8 Å². The van der Waals surface area contributed by atoms with Crippen LogP contribution in [-0.4, -0.2) is 34.3 Å². The van der Waals surface area contributed by atoms with E-state index in [1.165, 1.54) is 17.0 Å². The van der Waals surface area contributed by atoms with Gasteiger partial charge in [-0.15, -0.1) is 0 Å². The summed E-state index contributed by atoms with van der Waals surface area (Å²) in [4.78, 5) is 28.1. The van der Waals surface area contributed by atoms with Gasteiger partial charge in [-0.05, 0) is 78.8 Å². The van der Waals surface area contributed by atoms with Gasteiger partial charge in [0.2, 0.25) is 0 Å². The zero-order valence-corrected chi connectivity index (χ0v) is 22.5. The maximum atomic E-state index is 13.4. The third-order valence-corrected chi connectivity index (χ3v) is 6.69. The van der Waals surface area contributed by atoms with Gasteiger partial charge < -0.3 is 14.7 Å². The Morgan fingerprint density at radius 1 is 0.947 bits per heavy atom. The molecule has 1 atom stereocenters. The van der Waals surface area contributed by atoms with Gasteiger partial charge in [0.25, 0.3) is 11.7 Å². The van der Waals surface area contributed by atoms with Crippen LogP contribution in [0.4, 0.5) is 4.39 Å². The van der Waals surface area contributed by atoms with Crippen molar-refractivity contribution in [1.29, 1.82) is 0 Å². The van der Waals surface area contributed by atoms with Crippen LogP contribution < -0.4 is 4.74 Å². The summed E-state index contributed by atoms with van der Waals surface area (Å²) in [5, 5.41) is 11.3. The Bertz CT molecular complexity index is 1330. The highest BCUT2D eigenvalue weighted by Crippen LogP contribution is 2.40. The molecule has 0 bridgehead atoms. The molecule has 1 fully saturated rings. The highest BCUT2D eigenvalue weighted by atomic mass is 19.1. The lowest BCUT2D eigenvalue weighted by Gasteiger charge is -2.26. The first-order valence-electron chi connectivity index (χ1n) is 12.9. The number of rotatable bonds is 7. The summed E-state index contributed by atoms with van der Waals surface area (Å²) < 4.78 is 19.1. The van der Waals surface area contributed by atoms with Crippen molar-refractivity contribution in [3.63, 3.8) is 0 Å². The second kappa shape index (κ2) is 10.8. The van der Waals surface area contributed by atoms with E-state index >= 15 is 0 Å². The van der Waals surface area contributed by atoms with Gasteiger partial charge in [0, 0.05) is 12.1 Å². The van der Waals surface area contributed by atoms with E-state index in [4.69, 9.17) is 4.74 Å². The molecule has 0 aromatic heterocycles. The first kappa shape index (κ1) is 27.1. The van der Waals surface area contributed by atoms with E-state index in [1.807, 2.05) is 38.1 Å². The van der Waals surface area contributed by atoms with Gasteiger partial charge >= 0.3 is 0 Å². The SMILES string of the molecule is CC(C)Oc1ccc(/C(O)=C2/C(=O)C(=O)N(CCc3ccc(F)cc3)C2c2ccc(C(C)(C)C)cc2)cc1. The lowest BCUT2D eigenvalue weighted by atomic mass is 9.85. The van der Waals surface area contributed by atoms with Crippen LogP contribution >= 0.6 is 0 Å². The van der Waals surface area contributed by atoms with Crippen LogP contribution in [-0.2, 0) is 21.4 Å². The maximum Gasteiger partial charge on any atom is 0.295 e. The maximum absolute atomic E-state index is 13.4. The molecule has 1 unspecified atom stereocenters. The molecule has 1 saturated heterocycles. The normalized spacial score (nSPS) is 17.3. The second-order valence-corrected chi connectivity index (χ2v) is 10.9. The number of ether oxygens (including phenoxy) is 1. The zero-order valence-electron chi connectivity index (χ0n) is 22.5. The molecule has 1 aliphatic rings. The van der Waals surface area contributed by atoms with Crippen molar-refractivity contribution in [2.75, 3.05) is 6.54 Å². The average Bonchev–Trinajstić information content (AvgIpc) is 3.12. The van der Waals surface area contributed by atoms with Crippen molar-refractivity contribution in [2.24, 2.45) is 0 Å². The number of amides is 1. The highest BCUT2D eigenvalue weighted by molar-refractivity contribution is 6.46. The molecule has 1 aliphatic heterocycles. The lowest BCUT2D eigenvalue weighted by Crippen LogP contribution is -2.31. The van der Waals surface area contributed by atoms with E-state index in [1.54, 1.807) is 36.4 Å². The molecule has 3 aromatic carbocycles. The van der Waals surface area contributed by atoms with Crippen LogP contribution in [0.5, 0.6) is 5.75 Å². The van der Waals surface area contributed by atoms with Crippen molar-refractivity contribution in [3.8, 4) is 5.75 Å². The van der Waals surface area contributed by atoms with Gasteiger partial charge in [0.1, 0.15) is 17.3 Å². The van der Waals surface area contributed by atoms with Crippen LogP contribution in [0.3, 0.4) is 0 Å². The van der Waals surface area contributed by atoms with E-state index in [0.717, 1.165) is 16.7 Å². The summed E-state index contributed by atoms with van der Waals surface area (Å²) in [5.41, 5.74) is 3.10. The van der Waals surface area contributed by atoms with Crippen LogP contribution in [0.1, 0.15) is 62.9 Å². The minimum Gasteiger partial charge on any atom is -0.507 e. The fraction of sp³-hybridized carbons (Fsp3) is 0.312. The Kier molecular flexibility index (Phi) is 7.72. The first-order valence-corrected chi connectivity index (χ1v) is 12.9. The summed E-state index contributed by atoms with van der Waals surface area (Å²) in [5.74, 6) is -1.32. The molecule has 38 heavy (non-hydrogen) atoms. The number of carbonyl (C=O) groups is 2. The van der Waals surface area contributed by atoms with Gasteiger partial charge in [-0.3, -0.25) is 9.59 Å². The number of hydrogen-bond acceptors (Lipinski definition) is 4. The van der Waals surface area contributed by atoms with E-state index in [2.05, 4.69) is 20.8 Å². The smallest absolute Gasteiger partial charge is 0.295 e. The molecule has 0 radical (unpaired) electrons. The number of hydrogen-bond donors (Lipinski definition) is 1. The largest absolute Gasteiger partial charge is 0.507 e. The first-order chi connectivity index (χ1) is 18.0. The van der Waals surface area contributed by atoms with Crippen molar-refractivity contribution in [3.05, 3.63) is 106 Å². The number of halogens is 1. The van der Waals surface area contributed by atoms with E-state index in [-0.39, 0.29) is 35.2 Å². The van der Waals surface area contributed by atoms with Crippen molar-refractivity contribution >= 4 is 17.4 Å². The Balaban J connectivity index is 1.75. The molecule has 198 valence electrons. The van der Waals surface area contributed by atoms with Gasteiger partial charge in [-0.1, -0.05) is 57.2 Å². The predicted molar refractivity (Wildman–Crippen MR) is 146 cm³/mol. The Hall–Kier alpha value is -3.93. The quantitative estimate of drug-likeness (QED) is 0.219. The summed E-state index contributed by atoms with van der Waals surface area (Å²) in [7, 11) is 0. The van der Waals surface area contributed by atoms with E-state index in [9.17, 15) is 19.1 Å². The molecule has 1 N–H and O–H groups in total. The molecule has 1 amide bonds. The minimum absolute atomic E-state index is 0.00283. The number of aliphatic hydroxyl groups is 1. The Morgan fingerprint density at radius 2 is 1.55 bits per heavy atom. The highest BCUT2D eigenvalue weighted by Gasteiger charge is 2.45. The third kappa shape index (κ3) is 5.80. The number of benzene rings is 3. The molecule has 0 aliphatic carbocycles. The van der Waals surface area contributed by atoms with Crippen LogP contribution in [0, 0.1) is 5.82 Å². The number of ketones is 1. The molecular weight excluding hydrogens is 481 g/mol. The van der Waals surface area contributed by atoms with Crippen LogP contribution in [0.2, 0.25) is 0 Å². The monoisotopic (exact) mass is 515 g/mol. The second-order valence-electron chi connectivity index (χ2n) is 10.9. The zero-order chi connectivity index (χ0) is 27.6. The fourth-order valence-electron chi connectivity index (χ4n) is 4.64. The number of Topliss-reactive ketones (excluding diaryl/α,β-unsaturated/α-hetero) is 1. The standard InChI is InChI=1S/C32H34FNO4/c1-20(2)38-26-16-10-23(11-17-26)29(35)27-28(22-8-12-24(13-9-22)32(3,4)5)34(31(37)30(27)36)19-18-21-6-14-25(33)15-7-21/h6-17,20,28,35H,18-19H2,1-5H3/b29-27-. The summed E-state index contributed by atoms with van der Waals surface area (Å²) >= 11 is 0. The predicted octanol–water partition coefficient (Wildman–Crippen LogP) is 6.57. The summed E-state index contributed by atoms with van der Waals surface area (Å²) in [6.07, 6.45) is 0.433.